The molecule has 0 saturated carbocycles. The first-order valence-electron chi connectivity index (χ1n) is 19.4. The Morgan fingerprint density at radius 3 is 1.84 bits per heavy atom. The van der Waals surface area contributed by atoms with E-state index in [0.717, 1.165) is 72.4 Å². The molecule has 0 aliphatic carbocycles. The molecule has 0 bridgehead atoms. The van der Waals surface area contributed by atoms with Crippen LogP contribution in [0.15, 0.2) is 205 Å². The quantitative estimate of drug-likeness (QED) is 0.163. The molecular weight excluding hydrogens is 755 g/mol. The van der Waals surface area contributed by atoms with E-state index < -0.39 is 13.3 Å². The topological polar surface area (TPSA) is 43.9 Å². The Labute approximate surface area is 331 Å². The van der Waals surface area contributed by atoms with Crippen LogP contribution < -0.4 is 17.6 Å². The van der Waals surface area contributed by atoms with E-state index in [-0.39, 0.29) is 0 Å². The maximum atomic E-state index is 6.39. The van der Waals surface area contributed by atoms with Gasteiger partial charge in [-0.1, -0.05) is 6.07 Å². The van der Waals surface area contributed by atoms with Crippen LogP contribution in [0.1, 0.15) is 0 Å². The number of hydrogen-bond donors (Lipinski definition) is 0. The monoisotopic (exact) mass is 789 g/mol. The molecule has 0 unspecified atom stereocenters. The molecule has 5 heteroatoms. The number of furan rings is 1. The molecule has 0 amide bonds. The number of benzene rings is 8. The summed E-state index contributed by atoms with van der Waals surface area (Å²) >= 11 is -3.73. The fourth-order valence-corrected chi connectivity index (χ4v) is 20.5. The van der Waals surface area contributed by atoms with Gasteiger partial charge in [-0.3, -0.25) is 0 Å². The molecule has 3 aromatic heterocycles. The van der Waals surface area contributed by atoms with Crippen molar-refractivity contribution in [2.45, 2.75) is 0 Å². The van der Waals surface area contributed by atoms with Gasteiger partial charge < -0.3 is 0 Å². The second-order valence-corrected chi connectivity index (χ2v) is 22.6. The minimum absolute atomic E-state index is 0.731. The zero-order valence-electron chi connectivity index (χ0n) is 30.8. The van der Waals surface area contributed by atoms with Crippen LogP contribution in [0.2, 0.25) is 0 Å². The van der Waals surface area contributed by atoms with E-state index >= 15 is 0 Å². The van der Waals surface area contributed by atoms with Crippen molar-refractivity contribution < 1.29 is 4.42 Å². The van der Waals surface area contributed by atoms with Crippen molar-refractivity contribution in [1.29, 1.82) is 0 Å². The molecule has 0 fully saturated rings. The van der Waals surface area contributed by atoms with Gasteiger partial charge in [-0.15, -0.1) is 0 Å². The van der Waals surface area contributed by atoms with Gasteiger partial charge >= 0.3 is 327 Å². The summed E-state index contributed by atoms with van der Waals surface area (Å²) in [6, 6.07) is 72.3. The van der Waals surface area contributed by atoms with E-state index in [1.165, 1.54) is 28.5 Å². The summed E-state index contributed by atoms with van der Waals surface area (Å²) in [5.74, 6) is 0.731. The van der Waals surface area contributed by atoms with Crippen molar-refractivity contribution in [2.24, 2.45) is 0 Å². The van der Waals surface area contributed by atoms with E-state index in [0.29, 0.717) is 0 Å². The summed E-state index contributed by atoms with van der Waals surface area (Å²) in [7, 11) is 0. The van der Waals surface area contributed by atoms with Crippen molar-refractivity contribution in [2.75, 3.05) is 0 Å². The number of fused-ring (bicyclic) bond motifs is 9. The summed E-state index contributed by atoms with van der Waals surface area (Å²) in [6.45, 7) is 0. The van der Waals surface area contributed by atoms with Crippen LogP contribution in [0, 0.1) is 0 Å². The zero-order valence-corrected chi connectivity index (χ0v) is 32.9. The van der Waals surface area contributed by atoms with Gasteiger partial charge in [0, 0.05) is 0 Å². The van der Waals surface area contributed by atoms with Gasteiger partial charge in [0.2, 0.25) is 0 Å². The van der Waals surface area contributed by atoms with E-state index in [1.807, 2.05) is 18.2 Å². The SMILES string of the molecule is c1ccc(-c2nc(-c3cccc(-n4c5ccccc5c5cc6oc7ccccc7c6cc54)c3)[c]3c(n2)-c2cccc[c]2[Ge]3([c]2ccccc2)[c]2ccccc2)cc1. The van der Waals surface area contributed by atoms with Crippen molar-refractivity contribution in [3.05, 3.63) is 200 Å². The third-order valence-corrected chi connectivity index (χ3v) is 22.1. The molecule has 1 aliphatic heterocycles. The summed E-state index contributed by atoms with van der Waals surface area (Å²) in [5, 5.41) is 4.58. The predicted molar refractivity (Wildman–Crippen MR) is 237 cm³/mol. The molecule has 4 nitrogen and oxygen atoms in total. The minimum atomic E-state index is -3.73. The first kappa shape index (κ1) is 32.2. The van der Waals surface area contributed by atoms with Gasteiger partial charge in [0.1, 0.15) is 0 Å². The van der Waals surface area contributed by atoms with Gasteiger partial charge in [-0.25, -0.2) is 0 Å². The Kier molecular flexibility index (Phi) is 7.07. The molecule has 0 atom stereocenters. The van der Waals surface area contributed by atoms with Crippen molar-refractivity contribution in [3.8, 4) is 39.6 Å². The summed E-state index contributed by atoms with van der Waals surface area (Å²) < 4.78 is 14.2. The maximum absolute atomic E-state index is 6.39. The van der Waals surface area contributed by atoms with Gasteiger partial charge in [0.05, 0.1) is 0 Å². The molecule has 0 N–H and O–H groups in total. The number of rotatable bonds is 5. The van der Waals surface area contributed by atoms with Gasteiger partial charge in [0.15, 0.2) is 0 Å². The van der Waals surface area contributed by atoms with Crippen molar-refractivity contribution in [3.63, 3.8) is 0 Å². The van der Waals surface area contributed by atoms with Crippen molar-refractivity contribution in [1.82, 2.24) is 14.5 Å². The fraction of sp³-hybridized carbons (Fsp3) is 0. The molecular formula is C52H33GeN3O. The number of para-hydroxylation sites is 2. The normalized spacial score (nSPS) is 13.1. The Bertz CT molecular complexity index is 3310. The Morgan fingerprint density at radius 2 is 1.05 bits per heavy atom. The zero-order chi connectivity index (χ0) is 37.5. The first-order valence-corrected chi connectivity index (χ1v) is 23.6. The van der Waals surface area contributed by atoms with E-state index in [4.69, 9.17) is 14.4 Å². The number of aromatic nitrogens is 3. The van der Waals surface area contributed by atoms with Gasteiger partial charge in [0.25, 0.3) is 0 Å². The van der Waals surface area contributed by atoms with Crippen LogP contribution in [0.3, 0.4) is 0 Å². The number of nitrogens with zero attached hydrogens (tertiary/aromatic N) is 3. The van der Waals surface area contributed by atoms with E-state index in [2.05, 4.69) is 187 Å². The van der Waals surface area contributed by atoms with E-state index in [9.17, 15) is 0 Å². The summed E-state index contributed by atoms with van der Waals surface area (Å²) in [5.41, 5.74) is 10.5. The van der Waals surface area contributed by atoms with Crippen LogP contribution >= 0.6 is 0 Å². The Morgan fingerprint density at radius 1 is 0.421 bits per heavy atom. The Balaban J connectivity index is 1.18. The van der Waals surface area contributed by atoms with E-state index in [1.54, 1.807) is 0 Å². The molecule has 0 radical (unpaired) electrons. The van der Waals surface area contributed by atoms with Gasteiger partial charge in [-0.2, -0.15) is 0 Å². The van der Waals surface area contributed by atoms with Crippen molar-refractivity contribution >= 4 is 74.6 Å². The third-order valence-electron chi connectivity index (χ3n) is 11.9. The molecule has 57 heavy (non-hydrogen) atoms. The van der Waals surface area contributed by atoms with Crippen LogP contribution in [0.4, 0.5) is 0 Å². The van der Waals surface area contributed by atoms with Crippen LogP contribution in [-0.2, 0) is 0 Å². The molecule has 11 aromatic rings. The second-order valence-electron chi connectivity index (χ2n) is 14.9. The molecule has 4 heterocycles. The number of hydrogen-bond acceptors (Lipinski definition) is 3. The molecule has 1 aliphatic rings. The van der Waals surface area contributed by atoms with Crippen LogP contribution in [0.25, 0.3) is 83.3 Å². The molecule has 8 aromatic carbocycles. The standard InChI is InChI=1S/C52H33GeN3O/c1-4-17-34(18-5-1)52-54-50(49-51(55-52)41-27-10-13-28-44(41)53(49,36-20-6-2-7-21-36)37-22-8-3-9-23-37)35-19-16-24-38(31-35)56-45-29-14-11-25-39(45)42-33-48-43(32-46(42)56)40-26-12-15-30-47(40)57-48/h1-33H. The second kappa shape index (κ2) is 12.5. The summed E-state index contributed by atoms with van der Waals surface area (Å²) in [6.07, 6.45) is 0. The van der Waals surface area contributed by atoms with Crippen LogP contribution in [-0.4, -0.2) is 27.8 Å². The molecule has 266 valence electrons. The first-order chi connectivity index (χ1) is 28.3. The molecule has 0 spiro atoms. The average molecular weight is 788 g/mol. The van der Waals surface area contributed by atoms with Gasteiger partial charge in [-0.05, 0) is 0 Å². The fourth-order valence-electron chi connectivity index (χ4n) is 9.49. The molecule has 12 rings (SSSR count). The third kappa shape index (κ3) is 4.68. The predicted octanol–water partition coefficient (Wildman–Crippen LogP) is 10.2. The Hall–Kier alpha value is -7.02. The average Bonchev–Trinajstić information content (AvgIpc) is 3.92. The summed E-state index contributed by atoms with van der Waals surface area (Å²) in [4.78, 5) is 11.2. The van der Waals surface area contributed by atoms with Crippen LogP contribution in [0.5, 0.6) is 0 Å². The molecule has 0 saturated heterocycles.